The number of rotatable bonds is 7. The maximum Gasteiger partial charge on any atom is 0.258 e. The largest absolute Gasteiger partial charge is 0.484 e. The fourth-order valence-corrected chi connectivity index (χ4v) is 2.38. The second-order valence-corrected chi connectivity index (χ2v) is 5.67. The van der Waals surface area contributed by atoms with Crippen LogP contribution in [0.25, 0.3) is 0 Å². The minimum Gasteiger partial charge on any atom is -0.484 e. The molecule has 1 atom stereocenters. The predicted octanol–water partition coefficient (Wildman–Crippen LogP) is 4.07. The highest BCUT2D eigenvalue weighted by Gasteiger charge is 2.10. The van der Waals surface area contributed by atoms with Crippen molar-refractivity contribution < 1.29 is 9.53 Å². The quantitative estimate of drug-likeness (QED) is 0.837. The van der Waals surface area contributed by atoms with Gasteiger partial charge in [0.15, 0.2) is 6.61 Å². The van der Waals surface area contributed by atoms with E-state index in [0.717, 1.165) is 24.2 Å². The molecular formula is C20H25NO2. The second kappa shape index (κ2) is 8.37. The van der Waals surface area contributed by atoms with Gasteiger partial charge in [0, 0.05) is 0 Å². The highest BCUT2D eigenvalue weighted by Crippen LogP contribution is 2.15. The number of nitrogens with one attached hydrogen (secondary N) is 1. The first-order valence-corrected chi connectivity index (χ1v) is 8.22. The molecule has 0 radical (unpaired) electrons. The number of carbonyl (C=O) groups is 1. The van der Waals surface area contributed by atoms with Crippen molar-refractivity contribution in [3.8, 4) is 5.75 Å². The SMILES string of the molecule is CCc1ccc(OCC(=O)N[C@@H](C)c2ccc(CC)cc2)cc1. The van der Waals surface area contributed by atoms with Crippen LogP contribution in [-0.4, -0.2) is 12.5 Å². The lowest BCUT2D eigenvalue weighted by Gasteiger charge is -2.15. The van der Waals surface area contributed by atoms with E-state index in [-0.39, 0.29) is 18.6 Å². The van der Waals surface area contributed by atoms with Crippen molar-refractivity contribution in [3.05, 3.63) is 65.2 Å². The molecule has 23 heavy (non-hydrogen) atoms. The molecule has 2 rings (SSSR count). The topological polar surface area (TPSA) is 38.3 Å². The van der Waals surface area contributed by atoms with E-state index in [2.05, 4.69) is 43.4 Å². The van der Waals surface area contributed by atoms with Crippen LogP contribution < -0.4 is 10.1 Å². The van der Waals surface area contributed by atoms with E-state index in [1.165, 1.54) is 11.1 Å². The van der Waals surface area contributed by atoms with Crippen LogP contribution in [-0.2, 0) is 17.6 Å². The Balaban J connectivity index is 1.83. The van der Waals surface area contributed by atoms with Crippen LogP contribution >= 0.6 is 0 Å². The van der Waals surface area contributed by atoms with Crippen LogP contribution in [0.3, 0.4) is 0 Å². The van der Waals surface area contributed by atoms with Crippen LogP contribution in [0.2, 0.25) is 0 Å². The zero-order valence-electron chi connectivity index (χ0n) is 14.1. The first kappa shape index (κ1) is 17.1. The summed E-state index contributed by atoms with van der Waals surface area (Å²) >= 11 is 0. The fourth-order valence-electron chi connectivity index (χ4n) is 2.38. The normalized spacial score (nSPS) is 11.8. The second-order valence-electron chi connectivity index (χ2n) is 5.67. The highest BCUT2D eigenvalue weighted by molar-refractivity contribution is 5.78. The third-order valence-electron chi connectivity index (χ3n) is 3.97. The summed E-state index contributed by atoms with van der Waals surface area (Å²) in [4.78, 5) is 12.0. The van der Waals surface area contributed by atoms with Crippen LogP contribution in [0.5, 0.6) is 5.75 Å². The van der Waals surface area contributed by atoms with Gasteiger partial charge in [-0.3, -0.25) is 4.79 Å². The first-order chi connectivity index (χ1) is 11.1. The summed E-state index contributed by atoms with van der Waals surface area (Å²) in [5.41, 5.74) is 3.65. The molecule has 0 unspecified atom stereocenters. The Labute approximate surface area is 138 Å². The molecule has 0 saturated carbocycles. The van der Waals surface area contributed by atoms with Gasteiger partial charge in [-0.2, -0.15) is 0 Å². The predicted molar refractivity (Wildman–Crippen MR) is 93.7 cm³/mol. The standard InChI is InChI=1S/C20H25NO2/c1-4-16-6-10-18(11-7-16)15(3)21-20(22)14-23-19-12-8-17(5-2)9-13-19/h6-13,15H,4-5,14H2,1-3H3,(H,21,22)/t15-/m0/s1. The first-order valence-electron chi connectivity index (χ1n) is 8.22. The fraction of sp³-hybridized carbons (Fsp3) is 0.350. The minimum atomic E-state index is -0.114. The van der Waals surface area contributed by atoms with Gasteiger partial charge < -0.3 is 10.1 Å². The maximum atomic E-state index is 12.0. The van der Waals surface area contributed by atoms with Gasteiger partial charge >= 0.3 is 0 Å². The molecule has 0 aliphatic rings. The van der Waals surface area contributed by atoms with Gasteiger partial charge in [0.2, 0.25) is 0 Å². The zero-order chi connectivity index (χ0) is 16.7. The summed E-state index contributed by atoms with van der Waals surface area (Å²) in [5, 5.41) is 2.96. The number of benzene rings is 2. The van der Waals surface area contributed by atoms with Gasteiger partial charge in [-0.05, 0) is 48.6 Å². The molecule has 0 aromatic heterocycles. The van der Waals surface area contributed by atoms with E-state index in [4.69, 9.17) is 4.74 Å². The number of amides is 1. The molecule has 0 aliphatic carbocycles. The Morgan fingerprint density at radius 3 is 2.00 bits per heavy atom. The Morgan fingerprint density at radius 2 is 1.48 bits per heavy atom. The lowest BCUT2D eigenvalue weighted by atomic mass is 10.1. The molecule has 3 nitrogen and oxygen atoms in total. The van der Waals surface area contributed by atoms with Crippen LogP contribution in [0.15, 0.2) is 48.5 Å². The Kier molecular flexibility index (Phi) is 6.21. The molecule has 2 aromatic rings. The molecule has 0 bridgehead atoms. The summed E-state index contributed by atoms with van der Waals surface area (Å²) in [7, 11) is 0. The molecule has 0 spiro atoms. The van der Waals surface area contributed by atoms with Crippen molar-refractivity contribution in [3.63, 3.8) is 0 Å². The van der Waals surface area contributed by atoms with Gasteiger partial charge in [-0.1, -0.05) is 50.2 Å². The third-order valence-corrected chi connectivity index (χ3v) is 3.97. The lowest BCUT2D eigenvalue weighted by Crippen LogP contribution is -2.31. The summed E-state index contributed by atoms with van der Waals surface area (Å²) in [6.07, 6.45) is 2.01. The smallest absolute Gasteiger partial charge is 0.258 e. The molecule has 1 amide bonds. The van der Waals surface area contributed by atoms with E-state index in [0.29, 0.717) is 0 Å². The maximum absolute atomic E-state index is 12.0. The van der Waals surface area contributed by atoms with Crippen molar-refractivity contribution in [2.75, 3.05) is 6.61 Å². The number of hydrogen-bond acceptors (Lipinski definition) is 2. The van der Waals surface area contributed by atoms with Crippen molar-refractivity contribution in [2.45, 2.75) is 39.7 Å². The molecule has 0 fully saturated rings. The number of carbonyl (C=O) groups excluding carboxylic acids is 1. The van der Waals surface area contributed by atoms with E-state index in [9.17, 15) is 4.79 Å². The molecule has 0 saturated heterocycles. The third kappa shape index (κ3) is 5.13. The summed E-state index contributed by atoms with van der Waals surface area (Å²) < 4.78 is 5.53. The van der Waals surface area contributed by atoms with Crippen LogP contribution in [0.1, 0.15) is 43.5 Å². The van der Waals surface area contributed by atoms with Gasteiger partial charge in [0.05, 0.1) is 6.04 Å². The highest BCUT2D eigenvalue weighted by atomic mass is 16.5. The van der Waals surface area contributed by atoms with E-state index in [1.54, 1.807) is 0 Å². The average molecular weight is 311 g/mol. The Hall–Kier alpha value is -2.29. The molecule has 2 aromatic carbocycles. The monoisotopic (exact) mass is 311 g/mol. The number of aryl methyl sites for hydroxylation is 2. The Morgan fingerprint density at radius 1 is 0.957 bits per heavy atom. The van der Waals surface area contributed by atoms with E-state index < -0.39 is 0 Å². The van der Waals surface area contributed by atoms with E-state index in [1.807, 2.05) is 31.2 Å². The molecule has 0 aliphatic heterocycles. The molecule has 3 heteroatoms. The zero-order valence-corrected chi connectivity index (χ0v) is 14.1. The Bertz CT molecular complexity index is 617. The van der Waals surface area contributed by atoms with Gasteiger partial charge in [0.25, 0.3) is 5.91 Å². The number of ether oxygens (including phenoxy) is 1. The van der Waals surface area contributed by atoms with E-state index >= 15 is 0 Å². The van der Waals surface area contributed by atoms with Crippen molar-refractivity contribution in [1.82, 2.24) is 5.32 Å². The molecule has 1 N–H and O–H groups in total. The van der Waals surface area contributed by atoms with Gasteiger partial charge in [-0.15, -0.1) is 0 Å². The average Bonchev–Trinajstić information content (AvgIpc) is 2.60. The molecule has 122 valence electrons. The van der Waals surface area contributed by atoms with Crippen molar-refractivity contribution in [2.24, 2.45) is 0 Å². The van der Waals surface area contributed by atoms with Crippen LogP contribution in [0, 0.1) is 0 Å². The summed E-state index contributed by atoms with van der Waals surface area (Å²) in [6, 6.07) is 16.1. The lowest BCUT2D eigenvalue weighted by molar-refractivity contribution is -0.123. The number of hydrogen-bond donors (Lipinski definition) is 1. The van der Waals surface area contributed by atoms with Crippen molar-refractivity contribution in [1.29, 1.82) is 0 Å². The van der Waals surface area contributed by atoms with Gasteiger partial charge in [0.1, 0.15) is 5.75 Å². The summed E-state index contributed by atoms with van der Waals surface area (Å²) in [5.74, 6) is 0.605. The molecule has 0 heterocycles. The summed E-state index contributed by atoms with van der Waals surface area (Å²) in [6.45, 7) is 6.25. The molecular weight excluding hydrogens is 286 g/mol. The van der Waals surface area contributed by atoms with Gasteiger partial charge in [-0.25, -0.2) is 0 Å². The minimum absolute atomic E-state index is 0.0283. The van der Waals surface area contributed by atoms with Crippen LogP contribution in [0.4, 0.5) is 0 Å². The van der Waals surface area contributed by atoms with Crippen molar-refractivity contribution >= 4 is 5.91 Å².